The molecule has 2 aromatic heterocycles. The third-order valence-electron chi connectivity index (χ3n) is 2.39. The minimum absolute atomic E-state index is 0.287. The molecule has 8 nitrogen and oxygen atoms in total. The van der Waals surface area contributed by atoms with Crippen LogP contribution in [0.1, 0.15) is 16.3 Å². The maximum absolute atomic E-state index is 11.8. The lowest BCUT2D eigenvalue weighted by molar-refractivity contribution is 0.0941. The number of carbonyl (C=O) groups is 1. The van der Waals surface area contributed by atoms with Crippen LogP contribution in [-0.2, 0) is 20.6 Å². The first-order valence-corrected chi connectivity index (χ1v) is 4.98. The largest absolute Gasteiger partial charge is 0.396 e. The minimum atomic E-state index is -0.287. The van der Waals surface area contributed by atoms with E-state index in [0.29, 0.717) is 23.8 Å². The van der Waals surface area contributed by atoms with E-state index < -0.39 is 0 Å². The fourth-order valence-corrected chi connectivity index (χ4v) is 1.44. The fraction of sp³-hybridized carbons (Fsp3) is 0.333. The van der Waals surface area contributed by atoms with Gasteiger partial charge in [-0.15, -0.1) is 10.2 Å². The highest BCUT2D eigenvalue weighted by atomic mass is 16.2. The van der Waals surface area contributed by atoms with Crippen molar-refractivity contribution >= 4 is 11.6 Å². The van der Waals surface area contributed by atoms with Crippen LogP contribution in [0.15, 0.2) is 12.5 Å². The number of nitrogens with zero attached hydrogens (tertiary/aromatic N) is 5. The standard InChI is InChI=1S/C9H13N7O/c1-15-5-12-14-7(15)4-11-9(17)8-6(10)3-13-16(8)2/h3,5H,4,10H2,1-2H3,(H,11,17). The van der Waals surface area contributed by atoms with Crippen molar-refractivity contribution in [1.29, 1.82) is 0 Å². The van der Waals surface area contributed by atoms with E-state index in [1.807, 2.05) is 0 Å². The topological polar surface area (TPSA) is 104 Å². The maximum atomic E-state index is 11.8. The quantitative estimate of drug-likeness (QED) is 0.714. The molecule has 0 bridgehead atoms. The van der Waals surface area contributed by atoms with Gasteiger partial charge < -0.3 is 15.6 Å². The molecule has 2 aromatic rings. The average Bonchev–Trinajstić information content (AvgIpc) is 2.83. The molecule has 3 N–H and O–H groups in total. The average molecular weight is 235 g/mol. The molecule has 2 rings (SSSR count). The van der Waals surface area contributed by atoms with E-state index in [2.05, 4.69) is 20.6 Å². The fourth-order valence-electron chi connectivity index (χ4n) is 1.44. The molecule has 0 saturated carbocycles. The molecule has 0 spiro atoms. The van der Waals surface area contributed by atoms with Gasteiger partial charge in [-0.3, -0.25) is 9.48 Å². The van der Waals surface area contributed by atoms with Gasteiger partial charge in [0, 0.05) is 14.1 Å². The first-order valence-electron chi connectivity index (χ1n) is 4.98. The number of hydrogen-bond acceptors (Lipinski definition) is 5. The smallest absolute Gasteiger partial charge is 0.272 e. The first-order chi connectivity index (χ1) is 8.09. The molecule has 0 atom stereocenters. The van der Waals surface area contributed by atoms with E-state index >= 15 is 0 Å². The van der Waals surface area contributed by atoms with Crippen LogP contribution in [0.2, 0.25) is 0 Å². The monoisotopic (exact) mass is 235 g/mol. The lowest BCUT2D eigenvalue weighted by Crippen LogP contribution is -2.27. The van der Waals surface area contributed by atoms with Crippen molar-refractivity contribution in [3.05, 3.63) is 24.0 Å². The zero-order valence-corrected chi connectivity index (χ0v) is 9.58. The Hall–Kier alpha value is -2.38. The van der Waals surface area contributed by atoms with Gasteiger partial charge in [-0.1, -0.05) is 0 Å². The minimum Gasteiger partial charge on any atom is -0.396 e. The van der Waals surface area contributed by atoms with Crippen LogP contribution in [-0.4, -0.2) is 30.5 Å². The lowest BCUT2D eigenvalue weighted by atomic mass is 10.3. The van der Waals surface area contributed by atoms with E-state index in [1.165, 1.54) is 10.9 Å². The summed E-state index contributed by atoms with van der Waals surface area (Å²) in [6.45, 7) is 0.292. The van der Waals surface area contributed by atoms with Gasteiger partial charge in [0.05, 0.1) is 18.4 Å². The second-order valence-corrected chi connectivity index (χ2v) is 3.61. The van der Waals surface area contributed by atoms with E-state index in [4.69, 9.17) is 5.73 Å². The zero-order chi connectivity index (χ0) is 12.4. The van der Waals surface area contributed by atoms with Crippen LogP contribution in [0.5, 0.6) is 0 Å². The number of nitrogens with two attached hydrogens (primary N) is 1. The highest BCUT2D eigenvalue weighted by Gasteiger charge is 2.15. The number of hydrogen-bond donors (Lipinski definition) is 2. The molecule has 2 heterocycles. The number of rotatable bonds is 3. The molecule has 1 amide bonds. The second-order valence-electron chi connectivity index (χ2n) is 3.61. The summed E-state index contributed by atoms with van der Waals surface area (Å²) in [4.78, 5) is 11.8. The summed E-state index contributed by atoms with van der Waals surface area (Å²) in [5.41, 5.74) is 6.33. The highest BCUT2D eigenvalue weighted by molar-refractivity contribution is 5.97. The summed E-state index contributed by atoms with van der Waals surface area (Å²) >= 11 is 0. The van der Waals surface area contributed by atoms with Gasteiger partial charge in [-0.05, 0) is 0 Å². The number of nitrogen functional groups attached to an aromatic ring is 1. The van der Waals surface area contributed by atoms with Crippen LogP contribution in [0.4, 0.5) is 5.69 Å². The molecule has 8 heteroatoms. The van der Waals surface area contributed by atoms with Gasteiger partial charge in [-0.25, -0.2) is 0 Å². The van der Waals surface area contributed by atoms with Gasteiger partial charge >= 0.3 is 0 Å². The Labute approximate surface area is 97.4 Å². The van der Waals surface area contributed by atoms with Crippen molar-refractivity contribution in [2.45, 2.75) is 6.54 Å². The molecule has 90 valence electrons. The van der Waals surface area contributed by atoms with Crippen LogP contribution in [0, 0.1) is 0 Å². The Morgan fingerprint density at radius 1 is 1.53 bits per heavy atom. The first kappa shape index (κ1) is 11.1. The van der Waals surface area contributed by atoms with Crippen molar-refractivity contribution in [2.24, 2.45) is 14.1 Å². The predicted octanol–water partition coefficient (Wildman–Crippen LogP) is -0.939. The molecule has 0 aromatic carbocycles. The van der Waals surface area contributed by atoms with Crippen LogP contribution < -0.4 is 11.1 Å². The number of nitrogens with one attached hydrogen (secondary N) is 1. The molecule has 17 heavy (non-hydrogen) atoms. The Morgan fingerprint density at radius 3 is 2.82 bits per heavy atom. The number of amides is 1. The van der Waals surface area contributed by atoms with Crippen molar-refractivity contribution in [1.82, 2.24) is 29.9 Å². The van der Waals surface area contributed by atoms with Crippen molar-refractivity contribution in [2.75, 3.05) is 5.73 Å². The maximum Gasteiger partial charge on any atom is 0.272 e. The number of aryl methyl sites for hydroxylation is 2. The number of anilines is 1. The summed E-state index contributed by atoms with van der Waals surface area (Å²) in [6.07, 6.45) is 3.01. The Morgan fingerprint density at radius 2 is 2.29 bits per heavy atom. The van der Waals surface area contributed by atoms with Crippen molar-refractivity contribution in [3.63, 3.8) is 0 Å². The Balaban J connectivity index is 2.06. The van der Waals surface area contributed by atoms with Gasteiger partial charge in [0.15, 0.2) is 5.82 Å². The summed E-state index contributed by atoms with van der Waals surface area (Å²) < 4.78 is 3.16. The van der Waals surface area contributed by atoms with Gasteiger partial charge in [0.1, 0.15) is 12.0 Å². The molecule has 0 unspecified atom stereocenters. The third-order valence-corrected chi connectivity index (χ3v) is 2.39. The SMILES string of the molecule is Cn1cnnc1CNC(=O)c1c(N)cnn1C. The van der Waals surface area contributed by atoms with E-state index in [9.17, 15) is 4.79 Å². The summed E-state index contributed by atoms with van der Waals surface area (Å²) in [6, 6.07) is 0. The molecule has 0 aliphatic carbocycles. The summed E-state index contributed by atoms with van der Waals surface area (Å²) in [7, 11) is 3.47. The van der Waals surface area contributed by atoms with Crippen LogP contribution in [0.25, 0.3) is 0 Å². The number of carbonyl (C=O) groups excluding carboxylic acids is 1. The Kier molecular flexibility index (Phi) is 2.77. The van der Waals surface area contributed by atoms with Crippen molar-refractivity contribution in [3.8, 4) is 0 Å². The summed E-state index contributed by atoms with van der Waals surface area (Å²) in [5.74, 6) is 0.379. The van der Waals surface area contributed by atoms with Crippen LogP contribution in [0.3, 0.4) is 0 Å². The van der Waals surface area contributed by atoms with Gasteiger partial charge in [-0.2, -0.15) is 5.10 Å². The Bertz CT molecular complexity index is 522. The molecule has 0 aliphatic rings. The molecular weight excluding hydrogens is 222 g/mol. The molecular formula is C9H13N7O. The van der Waals surface area contributed by atoms with E-state index in [-0.39, 0.29) is 5.91 Å². The lowest BCUT2D eigenvalue weighted by Gasteiger charge is -2.05. The predicted molar refractivity (Wildman–Crippen MR) is 59.8 cm³/mol. The summed E-state index contributed by atoms with van der Waals surface area (Å²) in [5, 5.41) is 14.2. The molecule has 0 aliphatic heterocycles. The molecule has 0 radical (unpaired) electrons. The highest BCUT2D eigenvalue weighted by Crippen LogP contribution is 2.08. The van der Waals surface area contributed by atoms with Gasteiger partial charge in [0.25, 0.3) is 5.91 Å². The number of aromatic nitrogens is 5. The van der Waals surface area contributed by atoms with Crippen molar-refractivity contribution < 1.29 is 4.79 Å². The zero-order valence-electron chi connectivity index (χ0n) is 9.58. The van der Waals surface area contributed by atoms with Crippen LogP contribution >= 0.6 is 0 Å². The second kappa shape index (κ2) is 4.24. The van der Waals surface area contributed by atoms with Gasteiger partial charge in [0.2, 0.25) is 0 Å². The van der Waals surface area contributed by atoms with E-state index in [0.717, 1.165) is 0 Å². The van der Waals surface area contributed by atoms with E-state index in [1.54, 1.807) is 25.0 Å². The third kappa shape index (κ3) is 2.10. The normalized spacial score (nSPS) is 10.5. The molecule has 0 fully saturated rings. The molecule has 0 saturated heterocycles.